The molecule has 0 saturated heterocycles. The smallest absolute Gasteiger partial charge is 0.147 e. The van der Waals surface area contributed by atoms with Crippen LogP contribution in [0.3, 0.4) is 0 Å². The van der Waals surface area contributed by atoms with Gasteiger partial charge in [0.2, 0.25) is 0 Å². The molecule has 0 aliphatic rings. The zero-order valence-electron chi connectivity index (χ0n) is 7.17. The van der Waals surface area contributed by atoms with E-state index >= 15 is 0 Å². The number of rotatable bonds is 2. The van der Waals surface area contributed by atoms with Crippen molar-refractivity contribution in [2.75, 3.05) is 5.73 Å². The summed E-state index contributed by atoms with van der Waals surface area (Å²) in [6, 6.07) is 4.89. The Bertz CT molecular complexity index is 273. The van der Waals surface area contributed by atoms with Crippen molar-refractivity contribution >= 4 is 17.4 Å². The monoisotopic (exact) mass is 185 g/mol. The van der Waals surface area contributed by atoms with Crippen LogP contribution in [0.2, 0.25) is 0 Å². The molecule has 0 bridgehead atoms. The largest absolute Gasteiger partial charge is 0.395 e. The van der Waals surface area contributed by atoms with E-state index in [0.717, 1.165) is 4.90 Å². The lowest BCUT2D eigenvalue weighted by Crippen LogP contribution is -1.95. The van der Waals surface area contributed by atoms with Crippen molar-refractivity contribution in [2.45, 2.75) is 24.0 Å². The molecular weight excluding hydrogens is 173 g/mol. The number of nitrogen functional groups attached to an aromatic ring is 1. The van der Waals surface area contributed by atoms with Crippen molar-refractivity contribution in [3.8, 4) is 0 Å². The molecule has 1 rings (SSSR count). The molecule has 3 heteroatoms. The summed E-state index contributed by atoms with van der Waals surface area (Å²) in [4.78, 5) is 0.824. The standard InChI is InChI=1S/C9H12FNS/c1-6(2)12-8-5-3-4-7(10)9(8)11/h3-6H,11H2,1-2H3. The second-order valence-corrected chi connectivity index (χ2v) is 4.44. The molecule has 0 heterocycles. The van der Waals surface area contributed by atoms with Gasteiger partial charge in [-0.1, -0.05) is 19.9 Å². The van der Waals surface area contributed by atoms with Crippen LogP contribution >= 0.6 is 11.8 Å². The summed E-state index contributed by atoms with van der Waals surface area (Å²) in [6.07, 6.45) is 0. The Morgan fingerprint density at radius 2 is 2.08 bits per heavy atom. The highest BCUT2D eigenvalue weighted by Gasteiger charge is 2.05. The number of nitrogens with two attached hydrogens (primary N) is 1. The van der Waals surface area contributed by atoms with E-state index in [4.69, 9.17) is 5.73 Å². The second-order valence-electron chi connectivity index (χ2n) is 2.82. The molecule has 1 aromatic rings. The van der Waals surface area contributed by atoms with Gasteiger partial charge in [0, 0.05) is 10.1 Å². The third kappa shape index (κ3) is 2.14. The van der Waals surface area contributed by atoms with Crippen molar-refractivity contribution in [1.29, 1.82) is 0 Å². The minimum atomic E-state index is -0.333. The summed E-state index contributed by atoms with van der Waals surface area (Å²) in [6.45, 7) is 4.10. The first-order valence-electron chi connectivity index (χ1n) is 3.82. The number of thioether (sulfide) groups is 1. The number of halogens is 1. The van der Waals surface area contributed by atoms with Crippen LogP contribution in [0.5, 0.6) is 0 Å². The molecule has 66 valence electrons. The highest BCUT2D eigenvalue weighted by atomic mass is 32.2. The first-order chi connectivity index (χ1) is 5.61. The van der Waals surface area contributed by atoms with Crippen LogP contribution in [-0.2, 0) is 0 Å². The number of hydrogen-bond acceptors (Lipinski definition) is 2. The Hall–Kier alpha value is -0.700. The molecule has 0 saturated carbocycles. The van der Waals surface area contributed by atoms with Crippen LogP contribution < -0.4 is 5.73 Å². The normalized spacial score (nSPS) is 10.7. The molecular formula is C9H12FNS. The molecule has 0 fully saturated rings. The molecule has 0 radical (unpaired) electrons. The molecule has 0 amide bonds. The zero-order chi connectivity index (χ0) is 9.14. The van der Waals surface area contributed by atoms with E-state index in [1.54, 1.807) is 17.8 Å². The summed E-state index contributed by atoms with van der Waals surface area (Å²) >= 11 is 1.57. The summed E-state index contributed by atoms with van der Waals surface area (Å²) in [5, 5.41) is 0.425. The fraction of sp³-hybridized carbons (Fsp3) is 0.333. The van der Waals surface area contributed by atoms with Gasteiger partial charge in [-0.05, 0) is 12.1 Å². The molecule has 0 aliphatic heterocycles. The van der Waals surface area contributed by atoms with Gasteiger partial charge in [-0.3, -0.25) is 0 Å². The zero-order valence-corrected chi connectivity index (χ0v) is 7.99. The molecule has 1 aromatic carbocycles. The lowest BCUT2D eigenvalue weighted by Gasteiger charge is -2.07. The van der Waals surface area contributed by atoms with Gasteiger partial charge >= 0.3 is 0 Å². The third-order valence-corrected chi connectivity index (χ3v) is 2.46. The van der Waals surface area contributed by atoms with Gasteiger partial charge in [0.05, 0.1) is 5.69 Å². The number of hydrogen-bond donors (Lipinski definition) is 1. The van der Waals surface area contributed by atoms with E-state index in [9.17, 15) is 4.39 Å². The molecule has 0 unspecified atom stereocenters. The minimum absolute atomic E-state index is 0.260. The van der Waals surface area contributed by atoms with Gasteiger partial charge in [-0.2, -0.15) is 0 Å². The Balaban J connectivity index is 2.92. The van der Waals surface area contributed by atoms with E-state index < -0.39 is 0 Å². The maximum absolute atomic E-state index is 12.9. The van der Waals surface area contributed by atoms with Crippen molar-refractivity contribution in [1.82, 2.24) is 0 Å². The molecule has 2 N–H and O–H groups in total. The van der Waals surface area contributed by atoms with E-state index in [1.165, 1.54) is 6.07 Å². The lowest BCUT2D eigenvalue weighted by molar-refractivity contribution is 0.629. The van der Waals surface area contributed by atoms with Gasteiger partial charge in [-0.15, -0.1) is 11.8 Å². The van der Waals surface area contributed by atoms with Crippen LogP contribution in [0.4, 0.5) is 10.1 Å². The Labute approximate surface area is 76.2 Å². The van der Waals surface area contributed by atoms with Gasteiger partial charge in [0.1, 0.15) is 5.82 Å². The van der Waals surface area contributed by atoms with Crippen LogP contribution in [-0.4, -0.2) is 5.25 Å². The van der Waals surface area contributed by atoms with E-state index in [-0.39, 0.29) is 11.5 Å². The van der Waals surface area contributed by atoms with Crippen LogP contribution in [0.1, 0.15) is 13.8 Å². The molecule has 1 nitrogen and oxygen atoms in total. The van der Waals surface area contributed by atoms with Crippen molar-refractivity contribution in [3.05, 3.63) is 24.0 Å². The molecule has 12 heavy (non-hydrogen) atoms. The van der Waals surface area contributed by atoms with Crippen molar-refractivity contribution in [3.63, 3.8) is 0 Å². The van der Waals surface area contributed by atoms with Crippen molar-refractivity contribution < 1.29 is 4.39 Å². The predicted molar refractivity (Wildman–Crippen MR) is 51.8 cm³/mol. The van der Waals surface area contributed by atoms with E-state index in [0.29, 0.717) is 5.25 Å². The van der Waals surface area contributed by atoms with Gasteiger partial charge in [0.15, 0.2) is 0 Å². The molecule has 0 aliphatic carbocycles. The second kappa shape index (κ2) is 3.81. The van der Waals surface area contributed by atoms with E-state index in [2.05, 4.69) is 13.8 Å². The van der Waals surface area contributed by atoms with Gasteiger partial charge in [-0.25, -0.2) is 4.39 Å². The topological polar surface area (TPSA) is 26.0 Å². The number of para-hydroxylation sites is 1. The van der Waals surface area contributed by atoms with Crippen LogP contribution in [0, 0.1) is 5.82 Å². The highest BCUT2D eigenvalue weighted by molar-refractivity contribution is 8.00. The fourth-order valence-corrected chi connectivity index (χ4v) is 1.76. The van der Waals surface area contributed by atoms with Crippen LogP contribution in [0.15, 0.2) is 23.1 Å². The summed E-state index contributed by atoms with van der Waals surface area (Å²) in [7, 11) is 0. The van der Waals surface area contributed by atoms with Gasteiger partial charge < -0.3 is 5.73 Å². The lowest BCUT2D eigenvalue weighted by atomic mass is 10.3. The fourth-order valence-electron chi connectivity index (χ4n) is 0.874. The Kier molecular flexibility index (Phi) is 2.98. The average Bonchev–Trinajstić information content (AvgIpc) is 1.98. The summed E-state index contributed by atoms with van der Waals surface area (Å²) in [5.74, 6) is -0.333. The highest BCUT2D eigenvalue weighted by Crippen LogP contribution is 2.29. The summed E-state index contributed by atoms with van der Waals surface area (Å²) < 4.78 is 12.9. The maximum atomic E-state index is 12.9. The first kappa shape index (κ1) is 9.39. The molecule has 0 aromatic heterocycles. The first-order valence-corrected chi connectivity index (χ1v) is 4.70. The number of benzene rings is 1. The predicted octanol–water partition coefficient (Wildman–Crippen LogP) is 2.91. The third-order valence-electron chi connectivity index (χ3n) is 1.38. The maximum Gasteiger partial charge on any atom is 0.147 e. The number of anilines is 1. The van der Waals surface area contributed by atoms with Gasteiger partial charge in [0.25, 0.3) is 0 Å². The quantitative estimate of drug-likeness (QED) is 0.566. The Morgan fingerprint density at radius 1 is 1.42 bits per heavy atom. The Morgan fingerprint density at radius 3 is 2.67 bits per heavy atom. The SMILES string of the molecule is CC(C)Sc1cccc(F)c1N. The van der Waals surface area contributed by atoms with Crippen LogP contribution in [0.25, 0.3) is 0 Å². The van der Waals surface area contributed by atoms with E-state index in [1.807, 2.05) is 6.07 Å². The average molecular weight is 185 g/mol. The molecule has 0 atom stereocenters. The summed E-state index contributed by atoms with van der Waals surface area (Å²) in [5.41, 5.74) is 5.80. The van der Waals surface area contributed by atoms with Crippen molar-refractivity contribution in [2.24, 2.45) is 0 Å². The molecule has 0 spiro atoms. The minimum Gasteiger partial charge on any atom is -0.395 e.